The van der Waals surface area contributed by atoms with Crippen LogP contribution in [0.1, 0.15) is 13.8 Å². The van der Waals surface area contributed by atoms with Crippen molar-refractivity contribution in [3.05, 3.63) is 30.3 Å². The van der Waals surface area contributed by atoms with Crippen LogP contribution in [0.15, 0.2) is 35.2 Å². The molecule has 0 unspecified atom stereocenters. The molecule has 0 atom stereocenters. The Balaban J connectivity index is 1.76. The second-order valence-corrected chi connectivity index (χ2v) is 8.42. The minimum Gasteiger partial charge on any atom is -0.342 e. The first-order chi connectivity index (χ1) is 12.0. The Kier molecular flexibility index (Phi) is 7.40. The molecule has 1 amide bonds. The van der Waals surface area contributed by atoms with Gasteiger partial charge in [-0.2, -0.15) is 0 Å². The molecular formula is C18H29N3O3S. The first-order valence-corrected chi connectivity index (χ1v) is 10.6. The second kappa shape index (κ2) is 9.31. The lowest BCUT2D eigenvalue weighted by molar-refractivity contribution is -0.132. The molecule has 1 heterocycles. The number of nitrogens with zero attached hydrogens (tertiary/aromatic N) is 3. The fourth-order valence-corrected chi connectivity index (χ4v) is 4.34. The van der Waals surface area contributed by atoms with Gasteiger partial charge >= 0.3 is 0 Å². The van der Waals surface area contributed by atoms with Gasteiger partial charge in [-0.3, -0.25) is 14.6 Å². The molecule has 1 aromatic rings. The van der Waals surface area contributed by atoms with Gasteiger partial charge in [0.1, 0.15) is 0 Å². The van der Waals surface area contributed by atoms with Crippen LogP contribution in [0, 0.1) is 0 Å². The van der Waals surface area contributed by atoms with E-state index < -0.39 is 9.84 Å². The van der Waals surface area contributed by atoms with Crippen LogP contribution in [0.3, 0.4) is 0 Å². The summed E-state index contributed by atoms with van der Waals surface area (Å²) in [6, 6.07) is 8.60. The van der Waals surface area contributed by atoms with Crippen LogP contribution >= 0.6 is 0 Å². The largest absolute Gasteiger partial charge is 0.342 e. The summed E-state index contributed by atoms with van der Waals surface area (Å²) in [5.74, 6) is 0.306. The zero-order valence-corrected chi connectivity index (χ0v) is 16.0. The quantitative estimate of drug-likeness (QED) is 0.685. The van der Waals surface area contributed by atoms with Crippen LogP contribution in [0.25, 0.3) is 0 Å². The Morgan fingerprint density at radius 3 is 2.12 bits per heavy atom. The molecule has 1 fully saturated rings. The standard InChI is InChI=1S/C18H29N3O3S/c1-3-21(4-2)18(22)16-20-12-10-19(11-13-20)14-15-25(23,24)17-8-6-5-7-9-17/h5-9H,3-4,10-16H2,1-2H3. The molecule has 0 radical (unpaired) electrons. The molecule has 0 aromatic heterocycles. The lowest BCUT2D eigenvalue weighted by atomic mass is 10.3. The normalized spacial score (nSPS) is 16.7. The van der Waals surface area contributed by atoms with Gasteiger partial charge in [-0.1, -0.05) is 18.2 Å². The monoisotopic (exact) mass is 367 g/mol. The number of hydrogen-bond donors (Lipinski definition) is 0. The van der Waals surface area contributed by atoms with Crippen molar-refractivity contribution in [2.24, 2.45) is 0 Å². The van der Waals surface area contributed by atoms with E-state index >= 15 is 0 Å². The van der Waals surface area contributed by atoms with Crippen molar-refractivity contribution in [1.82, 2.24) is 14.7 Å². The van der Waals surface area contributed by atoms with Crippen LogP contribution in [0.2, 0.25) is 0 Å². The molecule has 1 aliphatic heterocycles. The van der Waals surface area contributed by atoms with E-state index in [0.29, 0.717) is 18.0 Å². The number of sulfone groups is 1. The number of benzene rings is 1. The first kappa shape index (κ1) is 19.9. The number of amides is 1. The third kappa shape index (κ3) is 5.80. The summed E-state index contributed by atoms with van der Waals surface area (Å²) in [4.78, 5) is 18.7. The molecule has 140 valence electrons. The summed E-state index contributed by atoms with van der Waals surface area (Å²) in [6.45, 7) is 9.67. The summed E-state index contributed by atoms with van der Waals surface area (Å²) in [6.07, 6.45) is 0. The summed E-state index contributed by atoms with van der Waals surface area (Å²) < 4.78 is 24.7. The summed E-state index contributed by atoms with van der Waals surface area (Å²) >= 11 is 0. The van der Waals surface area contributed by atoms with Gasteiger partial charge in [0.15, 0.2) is 9.84 Å². The molecule has 0 bridgehead atoms. The fourth-order valence-electron chi connectivity index (χ4n) is 3.03. The maximum atomic E-state index is 12.3. The summed E-state index contributed by atoms with van der Waals surface area (Å²) in [7, 11) is -3.23. The molecule has 0 spiro atoms. The van der Waals surface area contributed by atoms with Gasteiger partial charge in [-0.15, -0.1) is 0 Å². The van der Waals surface area contributed by atoms with Crippen LogP contribution in [-0.4, -0.2) is 87.1 Å². The predicted molar refractivity (Wildman–Crippen MR) is 99.3 cm³/mol. The van der Waals surface area contributed by atoms with Gasteiger partial charge in [0.2, 0.25) is 5.91 Å². The highest BCUT2D eigenvalue weighted by atomic mass is 32.2. The average Bonchev–Trinajstić information content (AvgIpc) is 2.63. The van der Waals surface area contributed by atoms with Gasteiger partial charge in [0.25, 0.3) is 0 Å². The zero-order valence-electron chi connectivity index (χ0n) is 15.2. The number of carbonyl (C=O) groups is 1. The average molecular weight is 368 g/mol. The van der Waals surface area contributed by atoms with Crippen molar-refractivity contribution in [1.29, 1.82) is 0 Å². The highest BCUT2D eigenvalue weighted by Gasteiger charge is 2.22. The highest BCUT2D eigenvalue weighted by Crippen LogP contribution is 2.11. The minimum absolute atomic E-state index is 0.134. The van der Waals surface area contributed by atoms with E-state index in [1.54, 1.807) is 24.3 Å². The van der Waals surface area contributed by atoms with Gasteiger partial charge in [-0.05, 0) is 26.0 Å². The van der Waals surface area contributed by atoms with E-state index in [-0.39, 0.29) is 11.7 Å². The van der Waals surface area contributed by atoms with Gasteiger partial charge in [0.05, 0.1) is 17.2 Å². The maximum Gasteiger partial charge on any atom is 0.236 e. The van der Waals surface area contributed by atoms with Gasteiger partial charge in [0, 0.05) is 45.8 Å². The van der Waals surface area contributed by atoms with Crippen LogP contribution in [0.5, 0.6) is 0 Å². The third-order valence-electron chi connectivity index (χ3n) is 4.72. The van der Waals surface area contributed by atoms with Crippen LogP contribution in [0.4, 0.5) is 0 Å². The van der Waals surface area contributed by atoms with E-state index in [2.05, 4.69) is 9.80 Å². The van der Waals surface area contributed by atoms with Crippen molar-refractivity contribution in [2.75, 3.05) is 58.1 Å². The van der Waals surface area contributed by atoms with E-state index in [0.717, 1.165) is 39.3 Å². The molecule has 0 N–H and O–H groups in total. The molecule has 1 saturated heterocycles. The first-order valence-electron chi connectivity index (χ1n) is 8.96. The Morgan fingerprint density at radius 1 is 1.00 bits per heavy atom. The lowest BCUT2D eigenvalue weighted by Crippen LogP contribution is -2.50. The van der Waals surface area contributed by atoms with Crippen molar-refractivity contribution < 1.29 is 13.2 Å². The van der Waals surface area contributed by atoms with Gasteiger partial charge < -0.3 is 4.90 Å². The highest BCUT2D eigenvalue weighted by molar-refractivity contribution is 7.91. The number of carbonyl (C=O) groups excluding carboxylic acids is 1. The number of likely N-dealkylation sites (N-methyl/N-ethyl adjacent to an activating group) is 1. The summed E-state index contributed by atoms with van der Waals surface area (Å²) in [5, 5.41) is 0. The number of piperazine rings is 1. The van der Waals surface area contributed by atoms with E-state index in [1.165, 1.54) is 0 Å². The number of rotatable bonds is 8. The fraction of sp³-hybridized carbons (Fsp3) is 0.611. The molecule has 0 aliphatic carbocycles. The van der Waals surface area contributed by atoms with E-state index in [4.69, 9.17) is 0 Å². The Labute approximate surface area is 151 Å². The summed E-state index contributed by atoms with van der Waals surface area (Å²) in [5.41, 5.74) is 0. The smallest absolute Gasteiger partial charge is 0.236 e. The zero-order chi connectivity index (χ0) is 18.3. The molecule has 0 saturated carbocycles. The van der Waals surface area contributed by atoms with Gasteiger partial charge in [-0.25, -0.2) is 8.42 Å². The van der Waals surface area contributed by atoms with Crippen molar-refractivity contribution in [3.8, 4) is 0 Å². The third-order valence-corrected chi connectivity index (χ3v) is 6.43. The molecule has 1 aromatic carbocycles. The lowest BCUT2D eigenvalue weighted by Gasteiger charge is -2.35. The number of hydrogen-bond acceptors (Lipinski definition) is 5. The predicted octanol–water partition coefficient (Wildman–Crippen LogP) is 0.946. The van der Waals surface area contributed by atoms with Crippen molar-refractivity contribution in [3.63, 3.8) is 0 Å². The second-order valence-electron chi connectivity index (χ2n) is 6.32. The Bertz CT molecular complexity index is 637. The van der Waals surface area contributed by atoms with E-state index in [9.17, 15) is 13.2 Å². The van der Waals surface area contributed by atoms with E-state index in [1.807, 2.05) is 24.8 Å². The van der Waals surface area contributed by atoms with Crippen LogP contribution < -0.4 is 0 Å². The van der Waals surface area contributed by atoms with Crippen molar-refractivity contribution >= 4 is 15.7 Å². The molecular weight excluding hydrogens is 338 g/mol. The molecule has 7 heteroatoms. The van der Waals surface area contributed by atoms with Crippen molar-refractivity contribution in [2.45, 2.75) is 18.7 Å². The maximum absolute atomic E-state index is 12.3. The minimum atomic E-state index is -3.23. The topological polar surface area (TPSA) is 60.9 Å². The molecule has 2 rings (SSSR count). The molecule has 1 aliphatic rings. The Morgan fingerprint density at radius 2 is 1.56 bits per heavy atom. The van der Waals surface area contributed by atoms with Crippen LogP contribution in [-0.2, 0) is 14.6 Å². The SMILES string of the molecule is CCN(CC)C(=O)CN1CCN(CCS(=O)(=O)c2ccccc2)CC1. The Hall–Kier alpha value is -1.44. The molecule has 6 nitrogen and oxygen atoms in total. The molecule has 25 heavy (non-hydrogen) atoms.